The number of nitrogens with zero attached hydrogens (tertiary/aromatic N) is 1. The van der Waals surface area contributed by atoms with E-state index in [4.69, 9.17) is 33.7 Å². The van der Waals surface area contributed by atoms with Gasteiger partial charge in [0.25, 0.3) is 11.8 Å². The van der Waals surface area contributed by atoms with Crippen molar-refractivity contribution in [3.05, 3.63) is 74.9 Å². The molecule has 0 saturated carbocycles. The second kappa shape index (κ2) is 11.1. The van der Waals surface area contributed by atoms with Crippen LogP contribution in [0.15, 0.2) is 53.2 Å². The van der Waals surface area contributed by atoms with Gasteiger partial charge in [0.1, 0.15) is 5.84 Å². The van der Waals surface area contributed by atoms with Crippen LogP contribution in [0.2, 0.25) is 10.0 Å². The quantitative estimate of drug-likeness (QED) is 0.316. The van der Waals surface area contributed by atoms with Gasteiger partial charge in [-0.15, -0.1) is 0 Å². The topological polar surface area (TPSA) is 106 Å². The normalized spacial score (nSPS) is 12.3. The molecule has 2 aromatic rings. The molecule has 0 bridgehead atoms. The van der Waals surface area contributed by atoms with E-state index >= 15 is 0 Å². The van der Waals surface area contributed by atoms with E-state index in [-0.39, 0.29) is 38.3 Å². The van der Waals surface area contributed by atoms with Crippen LogP contribution in [0.25, 0.3) is 0 Å². The summed E-state index contributed by atoms with van der Waals surface area (Å²) in [6.45, 7) is -0.430. The first kappa shape index (κ1) is 26.0. The number of amides is 2. The average Bonchev–Trinajstić information content (AvgIpc) is 2.76. The molecule has 7 nitrogen and oxygen atoms in total. The Labute approximate surface area is 197 Å². The molecule has 0 aliphatic carbocycles. The van der Waals surface area contributed by atoms with Crippen molar-refractivity contribution in [3.8, 4) is 5.75 Å². The van der Waals surface area contributed by atoms with Crippen molar-refractivity contribution in [1.82, 2.24) is 10.6 Å². The van der Waals surface area contributed by atoms with Gasteiger partial charge < -0.3 is 21.1 Å². The third kappa shape index (κ3) is 6.39. The fourth-order valence-electron chi connectivity index (χ4n) is 2.79. The Bertz CT molecular complexity index is 1100. The van der Waals surface area contributed by atoms with E-state index in [0.29, 0.717) is 0 Å². The van der Waals surface area contributed by atoms with Crippen molar-refractivity contribution >= 4 is 40.9 Å². The molecule has 0 radical (unpaired) electrons. The van der Waals surface area contributed by atoms with Gasteiger partial charge in [-0.2, -0.15) is 13.2 Å². The number of carbonyl (C=O) groups is 2. The van der Waals surface area contributed by atoms with Gasteiger partial charge in [-0.05, 0) is 23.8 Å². The van der Waals surface area contributed by atoms with Crippen LogP contribution in [0.5, 0.6) is 5.75 Å². The molecule has 0 saturated heterocycles. The van der Waals surface area contributed by atoms with Gasteiger partial charge in [-0.1, -0.05) is 41.4 Å². The standard InChI is InChI=1S/C21H19Cl2F3N4O3/c1-28-18(30-19(31)12-7-15(22)17(33-2)16(23)8-12)13(9-27)20(32)29-10-11-5-3-4-6-14(11)21(24,25)26/h3-9H,10,27H2,1-2H3,(H,29,32)(H,28,30,31)/b13-9+. The molecule has 176 valence electrons. The summed E-state index contributed by atoms with van der Waals surface area (Å²) >= 11 is 12.1. The van der Waals surface area contributed by atoms with Gasteiger partial charge in [-0.3, -0.25) is 14.6 Å². The molecule has 0 heterocycles. The molecule has 0 atom stereocenters. The number of methoxy groups -OCH3 is 1. The van der Waals surface area contributed by atoms with Crippen LogP contribution in [0, 0.1) is 0 Å². The summed E-state index contributed by atoms with van der Waals surface area (Å²) < 4.78 is 44.5. The Morgan fingerprint density at radius 3 is 2.30 bits per heavy atom. The molecule has 2 amide bonds. The molecular formula is C21H19Cl2F3N4O3. The number of aliphatic imine (C=N–C) groups is 1. The highest BCUT2D eigenvalue weighted by atomic mass is 35.5. The van der Waals surface area contributed by atoms with Gasteiger partial charge >= 0.3 is 6.18 Å². The minimum Gasteiger partial charge on any atom is -0.494 e. The molecule has 2 rings (SSSR count). The number of nitrogens with one attached hydrogen (secondary N) is 2. The van der Waals surface area contributed by atoms with E-state index in [1.165, 1.54) is 44.5 Å². The first-order valence-electron chi connectivity index (χ1n) is 9.20. The Morgan fingerprint density at radius 1 is 1.18 bits per heavy atom. The Morgan fingerprint density at radius 2 is 1.79 bits per heavy atom. The fraction of sp³-hybridized carbons (Fsp3) is 0.190. The summed E-state index contributed by atoms with van der Waals surface area (Å²) in [5, 5.41) is 4.92. The van der Waals surface area contributed by atoms with Crippen molar-refractivity contribution < 1.29 is 27.5 Å². The van der Waals surface area contributed by atoms with Gasteiger partial charge in [0, 0.05) is 25.4 Å². The monoisotopic (exact) mass is 502 g/mol. The predicted molar refractivity (Wildman–Crippen MR) is 119 cm³/mol. The number of halogens is 5. The minimum atomic E-state index is -4.58. The zero-order chi connectivity index (χ0) is 24.8. The maximum absolute atomic E-state index is 13.2. The molecule has 2 aromatic carbocycles. The number of hydrogen-bond donors (Lipinski definition) is 3. The molecule has 33 heavy (non-hydrogen) atoms. The molecule has 12 heteroatoms. The van der Waals surface area contributed by atoms with Crippen molar-refractivity contribution in [1.29, 1.82) is 0 Å². The van der Waals surface area contributed by atoms with E-state index in [9.17, 15) is 22.8 Å². The minimum absolute atomic E-state index is 0.0443. The fourth-order valence-corrected chi connectivity index (χ4v) is 3.43. The lowest BCUT2D eigenvalue weighted by atomic mass is 10.1. The molecule has 0 aliphatic rings. The number of ether oxygens (including phenoxy) is 1. The van der Waals surface area contributed by atoms with E-state index in [0.717, 1.165) is 12.3 Å². The SMILES string of the molecule is CN=C(NC(=O)c1cc(Cl)c(OC)c(Cl)c1)/C(=C\N)C(=O)NCc1ccccc1C(F)(F)F. The number of rotatable bonds is 6. The molecule has 0 spiro atoms. The first-order valence-corrected chi connectivity index (χ1v) is 9.95. The highest BCUT2D eigenvalue weighted by molar-refractivity contribution is 6.38. The maximum atomic E-state index is 13.2. The third-order valence-corrected chi connectivity index (χ3v) is 4.91. The Hall–Kier alpha value is -3.24. The number of hydrogen-bond acceptors (Lipinski definition) is 5. The lowest BCUT2D eigenvalue weighted by molar-refractivity contribution is -0.138. The second-order valence-corrected chi connectivity index (χ2v) is 7.23. The number of amidine groups is 1. The Balaban J connectivity index is 2.17. The van der Waals surface area contributed by atoms with Crippen LogP contribution in [-0.2, 0) is 17.5 Å². The number of nitrogens with two attached hydrogens (primary N) is 1. The van der Waals surface area contributed by atoms with Crippen molar-refractivity contribution in [3.63, 3.8) is 0 Å². The van der Waals surface area contributed by atoms with Gasteiger partial charge in [-0.25, -0.2) is 0 Å². The molecular weight excluding hydrogens is 484 g/mol. The number of alkyl halides is 3. The van der Waals surface area contributed by atoms with Crippen LogP contribution in [-0.4, -0.2) is 31.8 Å². The molecule has 0 unspecified atom stereocenters. The number of carbonyl (C=O) groups excluding carboxylic acids is 2. The largest absolute Gasteiger partial charge is 0.494 e. The highest BCUT2D eigenvalue weighted by Crippen LogP contribution is 2.34. The summed E-state index contributed by atoms with van der Waals surface area (Å²) in [5.74, 6) is -1.59. The second-order valence-electron chi connectivity index (χ2n) is 6.42. The van der Waals surface area contributed by atoms with Crippen molar-refractivity contribution in [2.45, 2.75) is 12.7 Å². The summed E-state index contributed by atoms with van der Waals surface area (Å²) in [4.78, 5) is 29.0. The predicted octanol–water partition coefficient (Wildman–Crippen LogP) is 3.94. The van der Waals surface area contributed by atoms with Crippen LogP contribution >= 0.6 is 23.2 Å². The summed E-state index contributed by atoms with van der Waals surface area (Å²) in [7, 11) is 2.65. The lowest BCUT2D eigenvalue weighted by Gasteiger charge is -2.15. The van der Waals surface area contributed by atoms with E-state index in [2.05, 4.69) is 15.6 Å². The summed E-state index contributed by atoms with van der Waals surface area (Å²) in [5.41, 5.74) is 4.28. The molecule has 0 fully saturated rings. The molecule has 0 aromatic heterocycles. The smallest absolute Gasteiger partial charge is 0.416 e. The molecule has 0 aliphatic heterocycles. The zero-order valence-corrected chi connectivity index (χ0v) is 18.9. The Kier molecular flexibility index (Phi) is 8.72. The van der Waals surface area contributed by atoms with E-state index in [1.807, 2.05) is 0 Å². The van der Waals surface area contributed by atoms with E-state index < -0.39 is 30.1 Å². The van der Waals surface area contributed by atoms with Crippen molar-refractivity contribution in [2.75, 3.05) is 14.2 Å². The highest BCUT2D eigenvalue weighted by Gasteiger charge is 2.33. The summed E-state index contributed by atoms with van der Waals surface area (Å²) in [6.07, 6.45) is -3.71. The average molecular weight is 503 g/mol. The maximum Gasteiger partial charge on any atom is 0.416 e. The van der Waals surface area contributed by atoms with Gasteiger partial charge in [0.2, 0.25) is 0 Å². The summed E-state index contributed by atoms with van der Waals surface area (Å²) in [6, 6.07) is 7.41. The van der Waals surface area contributed by atoms with Gasteiger partial charge in [0.15, 0.2) is 5.75 Å². The first-order chi connectivity index (χ1) is 15.5. The number of benzene rings is 2. The van der Waals surface area contributed by atoms with Crippen LogP contribution in [0.3, 0.4) is 0 Å². The van der Waals surface area contributed by atoms with Crippen LogP contribution in [0.1, 0.15) is 21.5 Å². The van der Waals surface area contributed by atoms with E-state index in [1.54, 1.807) is 0 Å². The van der Waals surface area contributed by atoms with Crippen LogP contribution in [0.4, 0.5) is 13.2 Å². The zero-order valence-electron chi connectivity index (χ0n) is 17.4. The van der Waals surface area contributed by atoms with Crippen LogP contribution < -0.4 is 21.1 Å². The molecule has 4 N–H and O–H groups in total. The third-order valence-electron chi connectivity index (χ3n) is 4.35. The van der Waals surface area contributed by atoms with Crippen molar-refractivity contribution in [2.24, 2.45) is 10.7 Å². The van der Waals surface area contributed by atoms with Gasteiger partial charge in [0.05, 0.1) is 28.3 Å². The lowest BCUT2D eigenvalue weighted by Crippen LogP contribution is -2.38.